The molecular weight excluding hydrogens is 422 g/mol. The van der Waals surface area contributed by atoms with Crippen LogP contribution in [0.5, 0.6) is 0 Å². The fraction of sp³-hybridized carbons (Fsp3) is 0.538. The average Bonchev–Trinajstić information content (AvgIpc) is 3.07. The molecule has 2 heterocycles. The van der Waals surface area contributed by atoms with Crippen molar-refractivity contribution in [3.63, 3.8) is 0 Å². The van der Waals surface area contributed by atoms with Gasteiger partial charge in [-0.15, -0.1) is 0 Å². The molecule has 0 bridgehead atoms. The standard InChI is InChI=1S/C26H31NO6/c1-3-4-8-13-32-26(31)22-21(24(29)27(25(22)30)17-9-6-5-7-10-17)19-15-33-20-12-11-16(2)14-18(20)23(19)28/h11-12,14-15,17,21-22H,3-10,13H2,1-2H3/t21-,22-/m1/s1. The largest absolute Gasteiger partial charge is 0.465 e. The Morgan fingerprint density at radius 1 is 1.09 bits per heavy atom. The van der Waals surface area contributed by atoms with Crippen molar-refractivity contribution >= 4 is 28.8 Å². The van der Waals surface area contributed by atoms with E-state index in [9.17, 15) is 19.2 Å². The molecule has 0 radical (unpaired) electrons. The Bertz CT molecular complexity index is 1110. The molecule has 2 aliphatic rings. The van der Waals surface area contributed by atoms with Crippen LogP contribution in [-0.2, 0) is 19.1 Å². The number of nitrogens with zero attached hydrogens (tertiary/aromatic N) is 1. The molecule has 1 saturated heterocycles. The van der Waals surface area contributed by atoms with Gasteiger partial charge in [0.05, 0.1) is 24.2 Å². The molecule has 1 aromatic carbocycles. The van der Waals surface area contributed by atoms with Crippen LogP contribution in [0.2, 0.25) is 0 Å². The van der Waals surface area contributed by atoms with Gasteiger partial charge < -0.3 is 9.15 Å². The molecule has 176 valence electrons. The first-order chi connectivity index (χ1) is 15.9. The lowest BCUT2D eigenvalue weighted by atomic mass is 9.88. The van der Waals surface area contributed by atoms with Crippen LogP contribution in [0.15, 0.2) is 33.7 Å². The number of hydrogen-bond donors (Lipinski definition) is 0. The van der Waals surface area contributed by atoms with Crippen molar-refractivity contribution in [3.8, 4) is 0 Å². The number of benzene rings is 1. The van der Waals surface area contributed by atoms with Gasteiger partial charge in [-0.3, -0.25) is 24.1 Å². The smallest absolute Gasteiger partial charge is 0.319 e. The molecule has 0 N–H and O–H groups in total. The number of rotatable bonds is 7. The number of amides is 2. The van der Waals surface area contributed by atoms with E-state index in [0.717, 1.165) is 37.7 Å². The molecule has 0 unspecified atom stereocenters. The molecule has 1 aliphatic heterocycles. The summed E-state index contributed by atoms with van der Waals surface area (Å²) in [6.07, 6.45) is 8.13. The minimum absolute atomic E-state index is 0.0419. The van der Waals surface area contributed by atoms with E-state index in [0.29, 0.717) is 30.2 Å². The Morgan fingerprint density at radius 2 is 1.85 bits per heavy atom. The van der Waals surface area contributed by atoms with Crippen LogP contribution in [0.1, 0.15) is 75.3 Å². The van der Waals surface area contributed by atoms with Gasteiger partial charge in [0, 0.05) is 11.6 Å². The summed E-state index contributed by atoms with van der Waals surface area (Å²) in [6, 6.07) is 4.99. The maximum Gasteiger partial charge on any atom is 0.319 e. The third-order valence-corrected chi connectivity index (χ3v) is 6.82. The van der Waals surface area contributed by atoms with E-state index in [1.807, 2.05) is 19.9 Å². The van der Waals surface area contributed by atoms with Crippen molar-refractivity contribution in [1.82, 2.24) is 4.90 Å². The SMILES string of the molecule is CCCCCOC(=O)[C@H]1C(=O)N(C2CCCCC2)C(=O)[C@@H]1c1coc2ccc(C)cc2c1=O. The quantitative estimate of drug-likeness (QED) is 0.269. The van der Waals surface area contributed by atoms with Crippen LogP contribution in [0.3, 0.4) is 0 Å². The lowest BCUT2D eigenvalue weighted by molar-refractivity contribution is -0.154. The molecular formula is C26H31NO6. The number of esters is 1. The van der Waals surface area contributed by atoms with Gasteiger partial charge in [-0.05, 0) is 38.3 Å². The molecule has 2 atom stereocenters. The van der Waals surface area contributed by atoms with E-state index < -0.39 is 29.6 Å². The predicted molar refractivity (Wildman–Crippen MR) is 123 cm³/mol. The minimum atomic E-state index is -1.36. The van der Waals surface area contributed by atoms with Crippen LogP contribution in [0.4, 0.5) is 0 Å². The number of likely N-dealkylation sites (tertiary alicyclic amines) is 1. The highest BCUT2D eigenvalue weighted by Gasteiger charge is 2.55. The number of carbonyl (C=O) groups is 3. The second-order valence-electron chi connectivity index (χ2n) is 9.19. The zero-order valence-corrected chi connectivity index (χ0v) is 19.3. The Morgan fingerprint density at radius 3 is 2.58 bits per heavy atom. The van der Waals surface area contributed by atoms with E-state index in [4.69, 9.17) is 9.15 Å². The lowest BCUT2D eigenvalue weighted by Crippen LogP contribution is -2.42. The number of ether oxygens (including phenoxy) is 1. The number of hydrogen-bond acceptors (Lipinski definition) is 6. The molecule has 7 heteroatoms. The number of fused-ring (bicyclic) bond motifs is 1. The molecule has 4 rings (SSSR count). The summed E-state index contributed by atoms with van der Waals surface area (Å²) in [4.78, 5) is 54.7. The lowest BCUT2D eigenvalue weighted by Gasteiger charge is -2.29. The molecule has 2 amide bonds. The fourth-order valence-electron chi connectivity index (χ4n) is 5.03. The van der Waals surface area contributed by atoms with Crippen molar-refractivity contribution in [3.05, 3.63) is 45.8 Å². The second-order valence-corrected chi connectivity index (χ2v) is 9.19. The highest BCUT2D eigenvalue weighted by Crippen LogP contribution is 2.39. The number of unbranched alkanes of at least 4 members (excludes halogenated alkanes) is 2. The summed E-state index contributed by atoms with van der Waals surface area (Å²) < 4.78 is 11.1. The number of carbonyl (C=O) groups excluding carboxylic acids is 3. The first-order valence-corrected chi connectivity index (χ1v) is 12.0. The Labute approximate surface area is 193 Å². The zero-order chi connectivity index (χ0) is 23.5. The third-order valence-electron chi connectivity index (χ3n) is 6.82. The van der Waals surface area contributed by atoms with Gasteiger partial charge >= 0.3 is 5.97 Å². The topological polar surface area (TPSA) is 93.9 Å². The van der Waals surface area contributed by atoms with Crippen LogP contribution < -0.4 is 5.43 Å². The fourth-order valence-corrected chi connectivity index (χ4v) is 5.03. The van der Waals surface area contributed by atoms with Gasteiger partial charge in [0.25, 0.3) is 0 Å². The van der Waals surface area contributed by atoms with Gasteiger partial charge in [-0.2, -0.15) is 0 Å². The van der Waals surface area contributed by atoms with E-state index in [2.05, 4.69) is 0 Å². The minimum Gasteiger partial charge on any atom is -0.465 e. The molecule has 2 aromatic rings. The monoisotopic (exact) mass is 453 g/mol. The maximum atomic E-state index is 13.6. The summed E-state index contributed by atoms with van der Waals surface area (Å²) in [7, 11) is 0. The molecule has 2 fully saturated rings. The van der Waals surface area contributed by atoms with Crippen molar-refractivity contribution in [2.45, 2.75) is 77.2 Å². The zero-order valence-electron chi connectivity index (χ0n) is 19.3. The van der Waals surface area contributed by atoms with Gasteiger partial charge in [-0.25, -0.2) is 0 Å². The summed E-state index contributed by atoms with van der Waals surface area (Å²) in [5.41, 5.74) is 0.922. The molecule has 7 nitrogen and oxygen atoms in total. The molecule has 1 aromatic heterocycles. The van der Waals surface area contributed by atoms with Gasteiger partial charge in [0.2, 0.25) is 11.8 Å². The Hall–Kier alpha value is -2.96. The number of imide groups is 1. The van der Waals surface area contributed by atoms with E-state index in [-0.39, 0.29) is 23.6 Å². The van der Waals surface area contributed by atoms with Crippen molar-refractivity contribution in [2.75, 3.05) is 6.61 Å². The van der Waals surface area contributed by atoms with Gasteiger partial charge in [0.1, 0.15) is 5.58 Å². The number of aryl methyl sites for hydroxylation is 1. The van der Waals surface area contributed by atoms with Crippen LogP contribution in [0.25, 0.3) is 11.0 Å². The van der Waals surface area contributed by atoms with E-state index in [1.54, 1.807) is 12.1 Å². The van der Waals surface area contributed by atoms with Gasteiger partial charge in [0.15, 0.2) is 11.3 Å². The highest BCUT2D eigenvalue weighted by atomic mass is 16.5. The molecule has 0 spiro atoms. The average molecular weight is 454 g/mol. The molecule has 1 saturated carbocycles. The predicted octanol–water partition coefficient (Wildman–Crippen LogP) is 4.24. The third kappa shape index (κ3) is 4.45. The van der Waals surface area contributed by atoms with Crippen LogP contribution >= 0.6 is 0 Å². The van der Waals surface area contributed by atoms with Crippen molar-refractivity contribution < 1.29 is 23.5 Å². The van der Waals surface area contributed by atoms with E-state index in [1.165, 1.54) is 11.2 Å². The van der Waals surface area contributed by atoms with Crippen LogP contribution in [-0.4, -0.2) is 35.3 Å². The second kappa shape index (κ2) is 9.89. The van der Waals surface area contributed by atoms with Gasteiger partial charge in [-0.1, -0.05) is 50.7 Å². The first-order valence-electron chi connectivity index (χ1n) is 12.0. The molecule has 33 heavy (non-hydrogen) atoms. The highest BCUT2D eigenvalue weighted by molar-refractivity contribution is 6.16. The Balaban J connectivity index is 1.74. The summed E-state index contributed by atoms with van der Waals surface area (Å²) in [5, 5.41) is 0.332. The maximum absolute atomic E-state index is 13.6. The summed E-state index contributed by atoms with van der Waals surface area (Å²) >= 11 is 0. The van der Waals surface area contributed by atoms with Crippen molar-refractivity contribution in [2.24, 2.45) is 5.92 Å². The molecule has 1 aliphatic carbocycles. The van der Waals surface area contributed by atoms with E-state index >= 15 is 0 Å². The first kappa shape index (κ1) is 23.2. The Kier molecular flexibility index (Phi) is 6.96. The summed E-state index contributed by atoms with van der Waals surface area (Å²) in [6.45, 7) is 4.09. The van der Waals surface area contributed by atoms with Crippen LogP contribution in [0, 0.1) is 12.8 Å². The summed E-state index contributed by atoms with van der Waals surface area (Å²) in [5.74, 6) is -4.37. The normalized spacial score (nSPS) is 21.7. The van der Waals surface area contributed by atoms with Crippen molar-refractivity contribution in [1.29, 1.82) is 0 Å².